The fraction of sp³-hybridized carbons (Fsp3) is 0.900. The summed E-state index contributed by atoms with van der Waals surface area (Å²) < 4.78 is 0. The van der Waals surface area contributed by atoms with Crippen molar-refractivity contribution in [2.75, 3.05) is 5.75 Å². The molecule has 1 N–H and O–H groups in total. The van der Waals surface area contributed by atoms with E-state index >= 15 is 0 Å². The van der Waals surface area contributed by atoms with E-state index in [1.807, 2.05) is 11.8 Å². The van der Waals surface area contributed by atoms with Crippen molar-refractivity contribution < 1.29 is 0 Å². The van der Waals surface area contributed by atoms with Gasteiger partial charge in [0.05, 0.1) is 6.04 Å². The molecule has 1 heterocycles. The van der Waals surface area contributed by atoms with Crippen LogP contribution in [0.5, 0.6) is 0 Å². The molecule has 0 aromatic carbocycles. The molecule has 0 spiro atoms. The van der Waals surface area contributed by atoms with Crippen LogP contribution in [0.25, 0.3) is 0 Å². The van der Waals surface area contributed by atoms with Crippen LogP contribution in [0.15, 0.2) is 4.99 Å². The van der Waals surface area contributed by atoms with Gasteiger partial charge < -0.3 is 5.32 Å². The Morgan fingerprint density at radius 1 is 1.46 bits per heavy atom. The first-order valence-electron chi connectivity index (χ1n) is 5.35. The molecule has 0 saturated heterocycles. The van der Waals surface area contributed by atoms with Gasteiger partial charge in [0.25, 0.3) is 0 Å². The van der Waals surface area contributed by atoms with Crippen LogP contribution in [0.2, 0.25) is 0 Å². The van der Waals surface area contributed by atoms with Crippen LogP contribution in [0.1, 0.15) is 39.0 Å². The van der Waals surface area contributed by atoms with E-state index in [4.69, 9.17) is 0 Å². The summed E-state index contributed by atoms with van der Waals surface area (Å²) in [6.45, 7) is 2.22. The van der Waals surface area contributed by atoms with Crippen LogP contribution in [0, 0.1) is 0 Å². The number of nitrogens with one attached hydrogen (secondary N) is 1. The van der Waals surface area contributed by atoms with Crippen molar-refractivity contribution in [2.45, 2.75) is 51.1 Å². The van der Waals surface area contributed by atoms with E-state index < -0.39 is 0 Å². The number of rotatable bonds is 2. The molecule has 0 radical (unpaired) electrons. The first kappa shape index (κ1) is 9.38. The molecular formula is C10H18N2S. The van der Waals surface area contributed by atoms with Gasteiger partial charge in [0.1, 0.15) is 0 Å². The van der Waals surface area contributed by atoms with Crippen LogP contribution >= 0.6 is 11.8 Å². The fourth-order valence-electron chi connectivity index (χ4n) is 1.95. The molecular weight excluding hydrogens is 180 g/mol. The largest absolute Gasteiger partial charge is 0.362 e. The minimum absolute atomic E-state index is 0.578. The van der Waals surface area contributed by atoms with Crippen molar-refractivity contribution in [1.29, 1.82) is 0 Å². The van der Waals surface area contributed by atoms with Gasteiger partial charge in [-0.3, -0.25) is 4.99 Å². The summed E-state index contributed by atoms with van der Waals surface area (Å²) >= 11 is 1.90. The maximum absolute atomic E-state index is 4.64. The minimum atomic E-state index is 0.578. The lowest BCUT2D eigenvalue weighted by Crippen LogP contribution is -2.29. The van der Waals surface area contributed by atoms with Crippen molar-refractivity contribution in [3.05, 3.63) is 0 Å². The lowest BCUT2D eigenvalue weighted by atomic mass is 10.2. The van der Waals surface area contributed by atoms with Gasteiger partial charge in [0, 0.05) is 11.8 Å². The molecule has 0 bridgehead atoms. The van der Waals surface area contributed by atoms with E-state index in [2.05, 4.69) is 17.2 Å². The molecule has 3 heteroatoms. The van der Waals surface area contributed by atoms with Gasteiger partial charge in [-0.05, 0) is 19.3 Å². The Bertz CT molecular complexity index is 197. The van der Waals surface area contributed by atoms with Crippen LogP contribution in [-0.4, -0.2) is 23.0 Å². The number of amidine groups is 1. The molecule has 1 aliphatic carbocycles. The van der Waals surface area contributed by atoms with Crippen molar-refractivity contribution in [2.24, 2.45) is 4.99 Å². The minimum Gasteiger partial charge on any atom is -0.362 e. The number of hydrogen-bond donors (Lipinski definition) is 1. The third-order valence-electron chi connectivity index (χ3n) is 2.87. The highest BCUT2D eigenvalue weighted by molar-refractivity contribution is 8.14. The van der Waals surface area contributed by atoms with Gasteiger partial charge in [-0.1, -0.05) is 31.5 Å². The third-order valence-corrected chi connectivity index (χ3v) is 3.91. The van der Waals surface area contributed by atoms with E-state index in [0.29, 0.717) is 6.04 Å². The highest BCUT2D eigenvalue weighted by atomic mass is 32.2. The zero-order valence-electron chi connectivity index (χ0n) is 8.25. The van der Waals surface area contributed by atoms with Crippen LogP contribution < -0.4 is 5.32 Å². The molecule has 1 atom stereocenters. The number of hydrogen-bond acceptors (Lipinski definition) is 3. The van der Waals surface area contributed by atoms with Gasteiger partial charge in [-0.2, -0.15) is 0 Å². The first-order valence-corrected chi connectivity index (χ1v) is 6.34. The van der Waals surface area contributed by atoms with Gasteiger partial charge in [-0.25, -0.2) is 0 Å². The highest BCUT2D eigenvalue weighted by Gasteiger charge is 2.21. The smallest absolute Gasteiger partial charge is 0.157 e. The standard InChI is InChI=1S/C10H18N2S/c1-2-8-7-13-10(11-8)12-9-5-3-4-6-9/h8-9H,2-7H2,1H3,(H,11,12). The van der Waals surface area contributed by atoms with Gasteiger partial charge >= 0.3 is 0 Å². The fourth-order valence-corrected chi connectivity index (χ4v) is 3.08. The monoisotopic (exact) mass is 198 g/mol. The first-order chi connectivity index (χ1) is 6.38. The zero-order valence-corrected chi connectivity index (χ0v) is 9.07. The normalized spacial score (nSPS) is 29.3. The number of nitrogens with zero attached hydrogens (tertiary/aromatic N) is 1. The summed E-state index contributed by atoms with van der Waals surface area (Å²) in [7, 11) is 0. The lowest BCUT2D eigenvalue weighted by Gasteiger charge is -2.11. The SMILES string of the molecule is CCC1CSC(NC2CCCC2)=N1. The van der Waals surface area contributed by atoms with Crippen molar-refractivity contribution in [1.82, 2.24) is 5.32 Å². The van der Waals surface area contributed by atoms with Gasteiger partial charge in [0.2, 0.25) is 0 Å². The summed E-state index contributed by atoms with van der Waals surface area (Å²) in [5.41, 5.74) is 0. The Labute approximate surface area is 84.6 Å². The van der Waals surface area contributed by atoms with Crippen molar-refractivity contribution in [3.8, 4) is 0 Å². The van der Waals surface area contributed by atoms with Crippen LogP contribution in [0.3, 0.4) is 0 Å². The number of thioether (sulfide) groups is 1. The van der Waals surface area contributed by atoms with Gasteiger partial charge in [-0.15, -0.1) is 0 Å². The molecule has 1 aliphatic heterocycles. The Morgan fingerprint density at radius 2 is 2.23 bits per heavy atom. The predicted molar refractivity (Wildman–Crippen MR) is 59.4 cm³/mol. The second kappa shape index (κ2) is 4.36. The second-order valence-corrected chi connectivity index (χ2v) is 4.94. The van der Waals surface area contributed by atoms with E-state index in [-0.39, 0.29) is 0 Å². The molecule has 1 saturated carbocycles. The highest BCUT2D eigenvalue weighted by Crippen LogP contribution is 2.22. The van der Waals surface area contributed by atoms with Crippen molar-refractivity contribution >= 4 is 16.9 Å². The Morgan fingerprint density at radius 3 is 2.85 bits per heavy atom. The topological polar surface area (TPSA) is 24.4 Å². The summed E-state index contributed by atoms with van der Waals surface area (Å²) in [4.78, 5) is 4.64. The molecule has 13 heavy (non-hydrogen) atoms. The summed E-state index contributed by atoms with van der Waals surface area (Å²) in [6.07, 6.45) is 6.66. The Balaban J connectivity index is 1.81. The van der Waals surface area contributed by atoms with E-state index in [1.54, 1.807) is 0 Å². The quantitative estimate of drug-likeness (QED) is 0.737. The molecule has 0 amide bonds. The molecule has 0 aromatic heterocycles. The maximum atomic E-state index is 4.64. The Kier molecular flexibility index (Phi) is 3.14. The van der Waals surface area contributed by atoms with Crippen LogP contribution in [-0.2, 0) is 0 Å². The molecule has 0 aromatic rings. The number of aliphatic imine (C=N–C) groups is 1. The second-order valence-electron chi connectivity index (χ2n) is 3.93. The molecule has 2 aliphatic rings. The summed E-state index contributed by atoms with van der Waals surface area (Å²) in [5, 5.41) is 4.76. The predicted octanol–water partition coefficient (Wildman–Crippen LogP) is 2.40. The van der Waals surface area contributed by atoms with E-state index in [1.165, 1.54) is 43.0 Å². The summed E-state index contributed by atoms with van der Waals surface area (Å²) in [6, 6.07) is 1.30. The maximum Gasteiger partial charge on any atom is 0.157 e. The molecule has 1 unspecified atom stereocenters. The van der Waals surface area contributed by atoms with E-state index in [9.17, 15) is 0 Å². The molecule has 74 valence electrons. The average molecular weight is 198 g/mol. The average Bonchev–Trinajstić information content (AvgIpc) is 2.76. The summed E-state index contributed by atoms with van der Waals surface area (Å²) in [5.74, 6) is 1.19. The zero-order chi connectivity index (χ0) is 9.10. The third kappa shape index (κ3) is 2.39. The van der Waals surface area contributed by atoms with E-state index in [0.717, 1.165) is 6.04 Å². The molecule has 1 fully saturated rings. The molecule has 2 nitrogen and oxygen atoms in total. The van der Waals surface area contributed by atoms with Crippen LogP contribution in [0.4, 0.5) is 0 Å². The van der Waals surface area contributed by atoms with Gasteiger partial charge in [0.15, 0.2) is 5.17 Å². The lowest BCUT2D eigenvalue weighted by molar-refractivity contribution is 0.631. The Hall–Kier alpha value is -0.180. The van der Waals surface area contributed by atoms with Crippen molar-refractivity contribution in [3.63, 3.8) is 0 Å². The molecule has 2 rings (SSSR count).